The number of hydrogen-bond acceptors (Lipinski definition) is 8. The number of aliphatic carboxylic acids is 1. The molecular formula is C34H46N2O8. The summed E-state index contributed by atoms with van der Waals surface area (Å²) in [7, 11) is 0. The van der Waals surface area contributed by atoms with Crippen molar-refractivity contribution in [3.63, 3.8) is 0 Å². The fourth-order valence-electron chi connectivity index (χ4n) is 6.18. The Bertz CT molecular complexity index is 1190. The molecule has 3 fully saturated rings. The van der Waals surface area contributed by atoms with Crippen molar-refractivity contribution in [1.82, 2.24) is 10.2 Å². The molecule has 1 amide bonds. The van der Waals surface area contributed by atoms with Crippen molar-refractivity contribution in [3.8, 4) is 0 Å². The third kappa shape index (κ3) is 9.32. The number of nitrogens with one attached hydrogen (secondary N) is 1. The maximum Gasteiger partial charge on any atom is 0.303 e. The van der Waals surface area contributed by atoms with Gasteiger partial charge in [-0.1, -0.05) is 61.4 Å². The number of amides is 1. The predicted molar refractivity (Wildman–Crippen MR) is 162 cm³/mol. The molecule has 3 atom stereocenters. The van der Waals surface area contributed by atoms with E-state index >= 15 is 0 Å². The van der Waals surface area contributed by atoms with Gasteiger partial charge in [0.1, 0.15) is 0 Å². The van der Waals surface area contributed by atoms with Crippen molar-refractivity contribution >= 4 is 11.9 Å². The van der Waals surface area contributed by atoms with Gasteiger partial charge in [0.15, 0.2) is 12.1 Å². The van der Waals surface area contributed by atoms with Crippen LogP contribution in [0.4, 0.5) is 0 Å². The van der Waals surface area contributed by atoms with Crippen LogP contribution in [-0.2, 0) is 41.7 Å². The Balaban J connectivity index is 1.15. The van der Waals surface area contributed by atoms with Crippen molar-refractivity contribution in [2.24, 2.45) is 0 Å². The second kappa shape index (κ2) is 15.9. The summed E-state index contributed by atoms with van der Waals surface area (Å²) in [6.07, 6.45) is 5.45. The van der Waals surface area contributed by atoms with Crippen LogP contribution in [0.3, 0.4) is 0 Å². The van der Waals surface area contributed by atoms with Crippen LogP contribution >= 0.6 is 0 Å². The molecule has 0 aromatic heterocycles. The standard InChI is InChI=1S/C34H46N2O8/c37-24-26-9-11-27(12-10-26)30-21-29(23-36-17-15-34(16-18-36)41-19-20-42-34)43-33(44-30)28-13-7-25(8-14-28)22-35-31(38)5-3-1-2-4-6-32(39)40/h7-14,29-30,33,37H,1-6,15-24H2,(H,35,38)(H,39,40). The Hall–Kier alpha value is -2.86. The highest BCUT2D eigenvalue weighted by Gasteiger charge is 2.41. The third-order valence-electron chi connectivity index (χ3n) is 8.79. The molecule has 10 nitrogen and oxygen atoms in total. The monoisotopic (exact) mass is 610 g/mol. The molecule has 3 N–H and O–H groups in total. The Morgan fingerprint density at radius 2 is 1.48 bits per heavy atom. The minimum Gasteiger partial charge on any atom is -0.481 e. The summed E-state index contributed by atoms with van der Waals surface area (Å²) < 4.78 is 24.9. The molecule has 1 spiro atoms. The van der Waals surface area contributed by atoms with E-state index in [1.54, 1.807) is 0 Å². The molecular weight excluding hydrogens is 564 g/mol. The van der Waals surface area contributed by atoms with Gasteiger partial charge in [0.2, 0.25) is 5.91 Å². The Morgan fingerprint density at radius 1 is 0.841 bits per heavy atom. The third-order valence-corrected chi connectivity index (χ3v) is 8.79. The Kier molecular flexibility index (Phi) is 11.8. The summed E-state index contributed by atoms with van der Waals surface area (Å²) in [5, 5.41) is 21.2. The first-order chi connectivity index (χ1) is 21.4. The zero-order valence-corrected chi connectivity index (χ0v) is 25.5. The van der Waals surface area contributed by atoms with Gasteiger partial charge in [-0.3, -0.25) is 9.59 Å². The highest BCUT2D eigenvalue weighted by molar-refractivity contribution is 5.75. The van der Waals surface area contributed by atoms with Gasteiger partial charge >= 0.3 is 5.97 Å². The summed E-state index contributed by atoms with van der Waals surface area (Å²) in [4.78, 5) is 25.3. The SMILES string of the molecule is O=C(O)CCCCCCC(=O)NCc1ccc(C2OC(CN3CCC4(CC3)OCCO4)CC(c3ccc(CO)cc3)O2)cc1. The van der Waals surface area contributed by atoms with Gasteiger partial charge in [-0.05, 0) is 29.5 Å². The molecule has 3 unspecified atom stereocenters. The summed E-state index contributed by atoms with van der Waals surface area (Å²) in [6, 6.07) is 15.9. The van der Waals surface area contributed by atoms with Gasteiger partial charge in [-0.15, -0.1) is 0 Å². The molecule has 0 radical (unpaired) electrons. The Labute approximate surface area is 259 Å². The van der Waals surface area contributed by atoms with Crippen molar-refractivity contribution in [3.05, 3.63) is 70.8 Å². The maximum atomic E-state index is 12.3. The largest absolute Gasteiger partial charge is 0.481 e. The lowest BCUT2D eigenvalue weighted by atomic mass is 9.98. The maximum absolute atomic E-state index is 12.3. The van der Waals surface area contributed by atoms with E-state index in [9.17, 15) is 14.7 Å². The summed E-state index contributed by atoms with van der Waals surface area (Å²) in [5.41, 5.74) is 3.84. The molecule has 3 aliphatic heterocycles. The molecule has 10 heteroatoms. The molecule has 2 aromatic carbocycles. The van der Waals surface area contributed by atoms with Gasteiger partial charge in [-0.25, -0.2) is 0 Å². The van der Waals surface area contributed by atoms with Crippen LogP contribution in [0.15, 0.2) is 48.5 Å². The van der Waals surface area contributed by atoms with E-state index in [2.05, 4.69) is 10.2 Å². The van der Waals surface area contributed by atoms with E-state index in [-0.39, 0.29) is 31.1 Å². The van der Waals surface area contributed by atoms with Crippen molar-refractivity contribution in [2.45, 2.75) is 95.2 Å². The number of piperidine rings is 1. The average molecular weight is 611 g/mol. The van der Waals surface area contributed by atoms with E-state index in [0.29, 0.717) is 32.6 Å². The van der Waals surface area contributed by atoms with E-state index in [1.165, 1.54) is 0 Å². The number of aliphatic hydroxyl groups excluding tert-OH is 1. The second-order valence-corrected chi connectivity index (χ2v) is 12.1. The Morgan fingerprint density at radius 3 is 2.14 bits per heavy atom. The second-order valence-electron chi connectivity index (χ2n) is 12.1. The first-order valence-corrected chi connectivity index (χ1v) is 16.0. The lowest BCUT2D eigenvalue weighted by molar-refractivity contribution is -0.255. The first-order valence-electron chi connectivity index (χ1n) is 16.0. The van der Waals surface area contributed by atoms with Gasteiger partial charge < -0.3 is 39.4 Å². The number of ether oxygens (including phenoxy) is 4. The van der Waals surface area contributed by atoms with E-state index < -0.39 is 18.0 Å². The highest BCUT2D eigenvalue weighted by atomic mass is 16.7. The van der Waals surface area contributed by atoms with Gasteiger partial charge in [0, 0.05) is 63.8 Å². The lowest BCUT2D eigenvalue weighted by Gasteiger charge is -2.41. The number of carboxylic acids is 1. The quantitative estimate of drug-likeness (QED) is 0.263. The molecule has 2 aromatic rings. The molecule has 240 valence electrons. The van der Waals surface area contributed by atoms with Gasteiger partial charge in [0.25, 0.3) is 0 Å². The summed E-state index contributed by atoms with van der Waals surface area (Å²) in [6.45, 7) is 4.38. The molecule has 0 bridgehead atoms. The molecule has 44 heavy (non-hydrogen) atoms. The number of carbonyl (C=O) groups is 2. The van der Waals surface area contributed by atoms with Crippen molar-refractivity contribution in [1.29, 1.82) is 0 Å². The minimum atomic E-state index is -0.773. The van der Waals surface area contributed by atoms with Crippen LogP contribution in [0.5, 0.6) is 0 Å². The normalized spacial score (nSPS) is 23.5. The summed E-state index contributed by atoms with van der Waals surface area (Å²) in [5.74, 6) is -1.18. The fraction of sp³-hybridized carbons (Fsp3) is 0.588. The number of carbonyl (C=O) groups excluding carboxylic acids is 1. The van der Waals surface area contributed by atoms with Gasteiger partial charge in [-0.2, -0.15) is 0 Å². The fourth-order valence-corrected chi connectivity index (χ4v) is 6.18. The van der Waals surface area contributed by atoms with E-state index in [4.69, 9.17) is 24.1 Å². The summed E-state index contributed by atoms with van der Waals surface area (Å²) >= 11 is 0. The number of rotatable bonds is 14. The number of nitrogens with zero attached hydrogens (tertiary/aromatic N) is 1. The van der Waals surface area contributed by atoms with Crippen molar-refractivity contribution < 1.29 is 38.7 Å². The number of carboxylic acid groups (broad SMARTS) is 1. The highest BCUT2D eigenvalue weighted by Crippen LogP contribution is 2.39. The zero-order chi connectivity index (χ0) is 30.8. The van der Waals surface area contributed by atoms with Gasteiger partial charge in [0.05, 0.1) is 32.0 Å². The smallest absolute Gasteiger partial charge is 0.303 e. The molecule has 3 heterocycles. The van der Waals surface area contributed by atoms with Crippen LogP contribution in [0.1, 0.15) is 92.4 Å². The van der Waals surface area contributed by atoms with Crippen LogP contribution in [0, 0.1) is 0 Å². The van der Waals surface area contributed by atoms with Crippen LogP contribution < -0.4 is 5.32 Å². The molecule has 0 saturated carbocycles. The van der Waals surface area contributed by atoms with E-state index in [1.807, 2.05) is 48.5 Å². The molecule has 3 aliphatic rings. The number of unbranched alkanes of at least 4 members (excludes halogenated alkanes) is 3. The topological polar surface area (TPSA) is 127 Å². The molecule has 5 rings (SSSR count). The lowest BCUT2D eigenvalue weighted by Crippen LogP contribution is -2.48. The van der Waals surface area contributed by atoms with E-state index in [0.717, 1.165) is 80.4 Å². The minimum absolute atomic E-state index is 0.00107. The average Bonchev–Trinajstić information content (AvgIpc) is 3.51. The van der Waals surface area contributed by atoms with Crippen LogP contribution in [-0.4, -0.2) is 71.7 Å². The first kappa shape index (κ1) is 32.5. The number of hydrogen-bond donors (Lipinski definition) is 3. The van der Waals surface area contributed by atoms with Crippen LogP contribution in [0.25, 0.3) is 0 Å². The zero-order valence-electron chi connectivity index (χ0n) is 25.5. The number of aliphatic hydroxyl groups is 1. The molecule has 0 aliphatic carbocycles. The molecule has 3 saturated heterocycles. The van der Waals surface area contributed by atoms with Crippen molar-refractivity contribution in [2.75, 3.05) is 32.8 Å². The number of benzene rings is 2. The predicted octanol–water partition coefficient (Wildman–Crippen LogP) is 4.60. The number of likely N-dealkylation sites (tertiary alicyclic amines) is 1. The van der Waals surface area contributed by atoms with Crippen LogP contribution in [0.2, 0.25) is 0 Å².